The van der Waals surface area contributed by atoms with E-state index in [1.165, 1.54) is 6.33 Å². The smallest absolute Gasteiger partial charge is 0.166 e. The standard InChI is InChI=1S/C26H27ClN6O4/c1-26(2)36-21-19(12-34-16-7-5-15-6-8-20(27)31-18(15)11-16)35-25(22(21)37-26)33-10-9-17-23(30-14-32(3)4)28-13-29-24(17)33/h5-11,13-14,19,21-22,25H,12H2,1-4H3/b30-14+/t19?,21-,22-,25?/m1/s1. The van der Waals surface area contributed by atoms with Crippen molar-refractivity contribution in [2.45, 2.75) is 44.2 Å². The van der Waals surface area contributed by atoms with E-state index in [1.54, 1.807) is 12.4 Å². The highest BCUT2D eigenvalue weighted by molar-refractivity contribution is 6.29. The van der Waals surface area contributed by atoms with Gasteiger partial charge in [-0.25, -0.2) is 19.9 Å². The molecular formula is C26H27ClN6O4. The Labute approximate surface area is 218 Å². The summed E-state index contributed by atoms with van der Waals surface area (Å²) in [6, 6.07) is 11.4. The molecule has 11 heteroatoms. The Balaban J connectivity index is 1.27. The van der Waals surface area contributed by atoms with E-state index in [1.807, 2.05) is 73.9 Å². The lowest BCUT2D eigenvalue weighted by molar-refractivity contribution is -0.198. The molecule has 0 aliphatic carbocycles. The molecule has 2 aliphatic rings. The summed E-state index contributed by atoms with van der Waals surface area (Å²) in [5.74, 6) is 0.505. The van der Waals surface area contributed by atoms with Gasteiger partial charge in [-0.2, -0.15) is 0 Å². The normalized spacial score (nSPS) is 24.8. The predicted octanol–water partition coefficient (Wildman–Crippen LogP) is 4.35. The number of rotatable bonds is 6. The summed E-state index contributed by atoms with van der Waals surface area (Å²) in [7, 11) is 3.81. The number of hydrogen-bond donors (Lipinski definition) is 0. The average molecular weight is 523 g/mol. The summed E-state index contributed by atoms with van der Waals surface area (Å²) < 4.78 is 27.1. The van der Waals surface area contributed by atoms with Crippen LogP contribution in [0, 0.1) is 0 Å². The Kier molecular flexibility index (Phi) is 5.99. The molecule has 37 heavy (non-hydrogen) atoms. The summed E-state index contributed by atoms with van der Waals surface area (Å²) in [5.41, 5.74) is 1.47. The highest BCUT2D eigenvalue weighted by Gasteiger charge is 2.56. The van der Waals surface area contributed by atoms with E-state index in [-0.39, 0.29) is 24.9 Å². The molecule has 2 fully saturated rings. The second kappa shape index (κ2) is 9.21. The Bertz CT molecular complexity index is 1490. The zero-order valence-corrected chi connectivity index (χ0v) is 21.7. The highest BCUT2D eigenvalue weighted by atomic mass is 35.5. The zero-order valence-electron chi connectivity index (χ0n) is 20.9. The lowest BCUT2D eigenvalue weighted by Gasteiger charge is -2.25. The average Bonchev–Trinajstić information content (AvgIpc) is 3.52. The van der Waals surface area contributed by atoms with Crippen LogP contribution in [0.1, 0.15) is 20.1 Å². The summed E-state index contributed by atoms with van der Waals surface area (Å²) in [4.78, 5) is 19.6. The maximum atomic E-state index is 6.48. The maximum Gasteiger partial charge on any atom is 0.166 e. The van der Waals surface area contributed by atoms with Crippen molar-refractivity contribution < 1.29 is 18.9 Å². The molecule has 1 aromatic carbocycles. The minimum atomic E-state index is -0.752. The Hall–Kier alpha value is -3.31. The van der Waals surface area contributed by atoms with Crippen LogP contribution >= 0.6 is 11.6 Å². The molecule has 2 unspecified atom stereocenters. The van der Waals surface area contributed by atoms with Crippen molar-refractivity contribution in [2.75, 3.05) is 20.7 Å². The summed E-state index contributed by atoms with van der Waals surface area (Å²) >= 11 is 6.06. The van der Waals surface area contributed by atoms with Gasteiger partial charge in [0.2, 0.25) is 0 Å². The topological polar surface area (TPSA) is 96.1 Å². The van der Waals surface area contributed by atoms with Gasteiger partial charge in [0.1, 0.15) is 47.8 Å². The molecule has 10 nitrogen and oxygen atoms in total. The molecule has 0 bridgehead atoms. The van der Waals surface area contributed by atoms with Gasteiger partial charge in [0.05, 0.1) is 17.2 Å². The van der Waals surface area contributed by atoms with E-state index in [9.17, 15) is 0 Å². The van der Waals surface area contributed by atoms with Crippen LogP contribution in [0.3, 0.4) is 0 Å². The third kappa shape index (κ3) is 4.61. The van der Waals surface area contributed by atoms with Crippen molar-refractivity contribution in [3.05, 3.63) is 54.1 Å². The van der Waals surface area contributed by atoms with Gasteiger partial charge >= 0.3 is 0 Å². The lowest BCUT2D eigenvalue weighted by atomic mass is 10.1. The number of nitrogens with zero attached hydrogens (tertiary/aromatic N) is 6. The van der Waals surface area contributed by atoms with Crippen molar-refractivity contribution in [1.82, 2.24) is 24.4 Å². The Morgan fingerprint density at radius 2 is 1.95 bits per heavy atom. The molecule has 0 spiro atoms. The maximum absolute atomic E-state index is 6.48. The molecule has 4 atom stereocenters. The van der Waals surface area contributed by atoms with E-state index in [0.29, 0.717) is 22.4 Å². The van der Waals surface area contributed by atoms with Crippen molar-refractivity contribution in [2.24, 2.45) is 4.99 Å². The van der Waals surface area contributed by atoms with Gasteiger partial charge in [-0.3, -0.25) is 0 Å². The van der Waals surface area contributed by atoms with Crippen LogP contribution in [0.4, 0.5) is 5.82 Å². The largest absolute Gasteiger partial charge is 0.491 e. The minimum Gasteiger partial charge on any atom is -0.491 e. The Morgan fingerprint density at radius 3 is 2.78 bits per heavy atom. The molecule has 4 aromatic rings. The first-order valence-corrected chi connectivity index (χ1v) is 12.4. The van der Waals surface area contributed by atoms with Crippen LogP contribution in [0.5, 0.6) is 5.75 Å². The van der Waals surface area contributed by atoms with Gasteiger partial charge in [0, 0.05) is 31.7 Å². The van der Waals surface area contributed by atoms with Gasteiger partial charge < -0.3 is 28.4 Å². The third-order valence-corrected chi connectivity index (χ3v) is 6.55. The van der Waals surface area contributed by atoms with Crippen LogP contribution in [0.2, 0.25) is 5.15 Å². The number of aliphatic imine (C=N–C) groups is 1. The fourth-order valence-corrected chi connectivity index (χ4v) is 4.95. The van der Waals surface area contributed by atoms with Gasteiger partial charge in [-0.1, -0.05) is 11.6 Å². The van der Waals surface area contributed by atoms with Gasteiger partial charge in [0.15, 0.2) is 17.8 Å². The predicted molar refractivity (Wildman–Crippen MR) is 139 cm³/mol. The highest BCUT2D eigenvalue weighted by Crippen LogP contribution is 2.44. The van der Waals surface area contributed by atoms with E-state index in [0.717, 1.165) is 16.3 Å². The molecule has 2 saturated heterocycles. The number of benzene rings is 1. The van der Waals surface area contributed by atoms with Gasteiger partial charge in [0.25, 0.3) is 0 Å². The van der Waals surface area contributed by atoms with Crippen LogP contribution in [-0.4, -0.2) is 75.6 Å². The number of aromatic nitrogens is 4. The molecule has 0 N–H and O–H groups in total. The number of halogens is 1. The minimum absolute atomic E-state index is 0.274. The van der Waals surface area contributed by atoms with E-state index in [2.05, 4.69) is 19.9 Å². The monoisotopic (exact) mass is 522 g/mol. The number of hydrogen-bond acceptors (Lipinski definition) is 8. The molecule has 5 heterocycles. The van der Waals surface area contributed by atoms with Crippen molar-refractivity contribution in [1.29, 1.82) is 0 Å². The number of ether oxygens (including phenoxy) is 4. The molecule has 0 saturated carbocycles. The van der Waals surface area contributed by atoms with E-state index >= 15 is 0 Å². The second-order valence-electron chi connectivity index (χ2n) is 9.80. The van der Waals surface area contributed by atoms with Crippen LogP contribution in [0.15, 0.2) is 53.9 Å². The van der Waals surface area contributed by atoms with Crippen molar-refractivity contribution >= 4 is 45.7 Å². The van der Waals surface area contributed by atoms with Crippen LogP contribution in [0.25, 0.3) is 21.9 Å². The molecule has 3 aromatic heterocycles. The first-order valence-electron chi connectivity index (χ1n) is 12.0. The van der Waals surface area contributed by atoms with Crippen LogP contribution < -0.4 is 4.74 Å². The van der Waals surface area contributed by atoms with Crippen LogP contribution in [-0.2, 0) is 14.2 Å². The summed E-state index contributed by atoms with van der Waals surface area (Å²) in [6.45, 7) is 4.09. The fourth-order valence-electron chi connectivity index (χ4n) is 4.79. The molecule has 2 aliphatic heterocycles. The van der Waals surface area contributed by atoms with E-state index in [4.69, 9.17) is 30.5 Å². The van der Waals surface area contributed by atoms with E-state index < -0.39 is 12.0 Å². The zero-order chi connectivity index (χ0) is 25.7. The first kappa shape index (κ1) is 24.1. The lowest BCUT2D eigenvalue weighted by Crippen LogP contribution is -2.33. The fraction of sp³-hybridized carbons (Fsp3) is 0.385. The molecule has 0 amide bonds. The van der Waals surface area contributed by atoms with Gasteiger partial charge in [-0.05, 0) is 44.2 Å². The molecule has 192 valence electrons. The number of fused-ring (bicyclic) bond motifs is 3. The molecule has 0 radical (unpaired) electrons. The summed E-state index contributed by atoms with van der Waals surface area (Å²) in [6.07, 6.45) is 3.64. The molecule has 6 rings (SSSR count). The Morgan fingerprint density at radius 1 is 1.14 bits per heavy atom. The quantitative estimate of drug-likeness (QED) is 0.209. The summed E-state index contributed by atoms with van der Waals surface area (Å²) in [5, 5.41) is 2.24. The van der Waals surface area contributed by atoms with Crippen molar-refractivity contribution in [3.8, 4) is 5.75 Å². The third-order valence-electron chi connectivity index (χ3n) is 6.34. The first-order chi connectivity index (χ1) is 17.8. The SMILES string of the molecule is CN(C)/C=N/c1ncnc2c1ccn2C1OC(COc2ccc3ccc(Cl)nc3c2)[C@H]2OC(C)(C)O[C@@H]12. The second-order valence-corrected chi connectivity index (χ2v) is 10.2. The van der Waals surface area contributed by atoms with Gasteiger partial charge in [-0.15, -0.1) is 0 Å². The number of pyridine rings is 1. The van der Waals surface area contributed by atoms with Crippen molar-refractivity contribution in [3.63, 3.8) is 0 Å². The molecular weight excluding hydrogens is 496 g/mol.